The molecule has 0 aliphatic heterocycles. The van der Waals surface area contributed by atoms with E-state index in [4.69, 9.17) is 0 Å². The Hall–Kier alpha value is -3.52. The van der Waals surface area contributed by atoms with Crippen molar-refractivity contribution in [3.8, 4) is 10.4 Å². The second-order valence-electron chi connectivity index (χ2n) is 6.19. The molecule has 1 aromatic heterocycles. The highest BCUT2D eigenvalue weighted by molar-refractivity contribution is 7.17. The number of carbonyl (C=O) groups excluding carboxylic acids is 3. The highest BCUT2D eigenvalue weighted by Gasteiger charge is 2.12. The van der Waals surface area contributed by atoms with Gasteiger partial charge in [0.15, 0.2) is 0 Å². The summed E-state index contributed by atoms with van der Waals surface area (Å²) < 4.78 is 13.0. The smallest absolute Gasteiger partial charge is 0.279 e. The Balaban J connectivity index is 1.55. The van der Waals surface area contributed by atoms with E-state index in [9.17, 15) is 18.8 Å². The highest BCUT2D eigenvalue weighted by atomic mass is 32.1. The monoisotopic (exact) mass is 411 g/mol. The molecule has 3 aromatic rings. The van der Waals surface area contributed by atoms with Crippen molar-refractivity contribution in [1.29, 1.82) is 0 Å². The van der Waals surface area contributed by atoms with Gasteiger partial charge in [-0.1, -0.05) is 24.3 Å². The third-order valence-corrected chi connectivity index (χ3v) is 5.14. The first kappa shape index (κ1) is 20.2. The topological polar surface area (TPSA) is 87.3 Å². The number of nitrogens with one attached hydrogen (secondary N) is 3. The molecular formula is C21H18FN3O3S. The van der Waals surface area contributed by atoms with E-state index in [2.05, 4.69) is 16.2 Å². The van der Waals surface area contributed by atoms with Gasteiger partial charge < -0.3 is 5.32 Å². The van der Waals surface area contributed by atoms with Crippen LogP contribution in [-0.4, -0.2) is 17.7 Å². The van der Waals surface area contributed by atoms with Crippen LogP contribution in [0.5, 0.6) is 0 Å². The molecule has 6 nitrogen and oxygen atoms in total. The predicted molar refractivity (Wildman–Crippen MR) is 109 cm³/mol. The summed E-state index contributed by atoms with van der Waals surface area (Å²) in [5.74, 6) is -1.36. The van der Waals surface area contributed by atoms with Crippen LogP contribution in [0, 0.1) is 5.82 Å². The van der Waals surface area contributed by atoms with Crippen molar-refractivity contribution in [3.63, 3.8) is 0 Å². The molecule has 0 saturated heterocycles. The van der Waals surface area contributed by atoms with E-state index in [1.165, 1.54) is 30.4 Å². The van der Waals surface area contributed by atoms with Gasteiger partial charge in [0.25, 0.3) is 11.8 Å². The minimum Gasteiger partial charge on any atom is -0.352 e. The van der Waals surface area contributed by atoms with E-state index >= 15 is 0 Å². The van der Waals surface area contributed by atoms with Crippen LogP contribution in [0.25, 0.3) is 10.4 Å². The Morgan fingerprint density at radius 3 is 2.17 bits per heavy atom. The number of amides is 3. The lowest BCUT2D eigenvalue weighted by Crippen LogP contribution is -2.41. The molecule has 148 valence electrons. The van der Waals surface area contributed by atoms with Crippen LogP contribution in [-0.2, 0) is 11.3 Å². The second-order valence-corrected chi connectivity index (χ2v) is 7.27. The average Bonchev–Trinajstić information content (AvgIpc) is 3.21. The Morgan fingerprint density at radius 2 is 1.52 bits per heavy atom. The van der Waals surface area contributed by atoms with E-state index < -0.39 is 11.8 Å². The lowest BCUT2D eigenvalue weighted by molar-refractivity contribution is -0.119. The molecule has 0 radical (unpaired) electrons. The van der Waals surface area contributed by atoms with Gasteiger partial charge in [-0.05, 0) is 47.5 Å². The third-order valence-electron chi connectivity index (χ3n) is 4.01. The first-order chi connectivity index (χ1) is 13.9. The molecule has 0 aliphatic carbocycles. The summed E-state index contributed by atoms with van der Waals surface area (Å²) in [5.41, 5.74) is 6.78. The van der Waals surface area contributed by atoms with Crippen molar-refractivity contribution in [2.24, 2.45) is 0 Å². The van der Waals surface area contributed by atoms with E-state index in [1.54, 1.807) is 48.5 Å². The van der Waals surface area contributed by atoms with Crippen molar-refractivity contribution in [3.05, 3.63) is 82.5 Å². The van der Waals surface area contributed by atoms with Gasteiger partial charge in [-0.3, -0.25) is 25.2 Å². The van der Waals surface area contributed by atoms with E-state index in [0.717, 1.165) is 16.0 Å². The van der Waals surface area contributed by atoms with Gasteiger partial charge >= 0.3 is 0 Å². The molecule has 0 aliphatic rings. The van der Waals surface area contributed by atoms with Crippen LogP contribution >= 0.6 is 11.3 Å². The van der Waals surface area contributed by atoms with Gasteiger partial charge in [0.2, 0.25) is 5.91 Å². The molecule has 3 N–H and O–H groups in total. The van der Waals surface area contributed by atoms with Crippen LogP contribution in [0.15, 0.2) is 60.7 Å². The molecule has 0 unspecified atom stereocenters. The molecule has 0 fully saturated rings. The van der Waals surface area contributed by atoms with Crippen LogP contribution in [0.4, 0.5) is 4.39 Å². The van der Waals surface area contributed by atoms with E-state index in [-0.39, 0.29) is 11.7 Å². The fraction of sp³-hybridized carbons (Fsp3) is 0.0952. The number of halogens is 1. The molecule has 0 bridgehead atoms. The molecule has 0 atom stereocenters. The number of thiophene rings is 1. The Bertz CT molecular complexity index is 1030. The summed E-state index contributed by atoms with van der Waals surface area (Å²) >= 11 is 1.24. The van der Waals surface area contributed by atoms with Crippen LogP contribution in [0.2, 0.25) is 0 Å². The van der Waals surface area contributed by atoms with Crippen LogP contribution in [0.3, 0.4) is 0 Å². The lowest BCUT2D eigenvalue weighted by Gasteiger charge is -2.07. The third kappa shape index (κ3) is 5.49. The van der Waals surface area contributed by atoms with Gasteiger partial charge in [0.05, 0.1) is 4.88 Å². The van der Waals surface area contributed by atoms with E-state index in [0.29, 0.717) is 17.0 Å². The average molecular weight is 411 g/mol. The quantitative estimate of drug-likeness (QED) is 0.563. The zero-order valence-corrected chi connectivity index (χ0v) is 16.3. The predicted octanol–water partition coefficient (Wildman–Crippen LogP) is 3.27. The summed E-state index contributed by atoms with van der Waals surface area (Å²) in [6, 6.07) is 16.1. The lowest BCUT2D eigenvalue weighted by atomic mass is 10.1. The standard InChI is InChI=1S/C21H18FN3O3S/c1-13(26)23-12-14-2-4-16(5-3-14)20(27)24-25-21(28)19-11-10-18(29-19)15-6-8-17(22)9-7-15/h2-11H,12H2,1H3,(H,23,26)(H,24,27)(H,25,28). The SMILES string of the molecule is CC(=O)NCc1ccc(C(=O)NNC(=O)c2ccc(-c3ccc(F)cc3)s2)cc1. The van der Waals surface area contributed by atoms with Crippen molar-refractivity contribution >= 4 is 29.1 Å². The van der Waals surface area contributed by atoms with Gasteiger partial charge in [-0.15, -0.1) is 11.3 Å². The Labute approximate surface area is 170 Å². The maximum absolute atomic E-state index is 13.0. The summed E-state index contributed by atoms with van der Waals surface area (Å²) in [6.45, 7) is 1.81. The van der Waals surface area contributed by atoms with Gasteiger partial charge in [0.1, 0.15) is 5.82 Å². The molecule has 3 rings (SSSR count). The molecule has 0 saturated carbocycles. The zero-order valence-electron chi connectivity index (χ0n) is 15.5. The molecular weight excluding hydrogens is 393 g/mol. The number of carbonyl (C=O) groups is 3. The molecule has 0 spiro atoms. The van der Waals surface area contributed by atoms with Crippen molar-refractivity contribution in [2.75, 3.05) is 0 Å². The number of hydrogen-bond donors (Lipinski definition) is 3. The van der Waals surface area contributed by atoms with E-state index in [1.807, 2.05) is 0 Å². The molecule has 8 heteroatoms. The summed E-state index contributed by atoms with van der Waals surface area (Å²) in [6.07, 6.45) is 0. The number of hydrogen-bond acceptors (Lipinski definition) is 4. The summed E-state index contributed by atoms with van der Waals surface area (Å²) in [7, 11) is 0. The maximum atomic E-state index is 13.0. The van der Waals surface area contributed by atoms with Gasteiger partial charge in [-0.2, -0.15) is 0 Å². The van der Waals surface area contributed by atoms with Gasteiger partial charge in [-0.25, -0.2) is 4.39 Å². The largest absolute Gasteiger partial charge is 0.352 e. The first-order valence-electron chi connectivity index (χ1n) is 8.72. The second kappa shape index (κ2) is 9.11. The van der Waals surface area contributed by atoms with Crippen molar-refractivity contribution in [1.82, 2.24) is 16.2 Å². The minimum atomic E-state index is -0.459. The molecule has 29 heavy (non-hydrogen) atoms. The molecule has 3 amide bonds. The number of hydrazine groups is 1. The summed E-state index contributed by atoms with van der Waals surface area (Å²) in [4.78, 5) is 36.6. The van der Waals surface area contributed by atoms with Gasteiger partial charge in [0, 0.05) is 23.9 Å². The normalized spacial score (nSPS) is 10.3. The zero-order chi connectivity index (χ0) is 20.8. The first-order valence-corrected chi connectivity index (χ1v) is 9.54. The maximum Gasteiger partial charge on any atom is 0.279 e. The molecule has 1 heterocycles. The molecule has 2 aromatic carbocycles. The minimum absolute atomic E-state index is 0.134. The fourth-order valence-electron chi connectivity index (χ4n) is 2.48. The highest BCUT2D eigenvalue weighted by Crippen LogP contribution is 2.28. The van der Waals surface area contributed by atoms with Crippen LogP contribution in [0.1, 0.15) is 32.5 Å². The van der Waals surface area contributed by atoms with Crippen LogP contribution < -0.4 is 16.2 Å². The Kier molecular flexibility index (Phi) is 6.36. The number of benzene rings is 2. The fourth-order valence-corrected chi connectivity index (χ4v) is 3.38. The number of rotatable bonds is 5. The van der Waals surface area contributed by atoms with Crippen molar-refractivity contribution in [2.45, 2.75) is 13.5 Å². The van der Waals surface area contributed by atoms with Crippen molar-refractivity contribution < 1.29 is 18.8 Å². The summed E-state index contributed by atoms with van der Waals surface area (Å²) in [5, 5.41) is 2.67. The Morgan fingerprint density at radius 1 is 0.862 bits per heavy atom.